The molecule has 0 bridgehead atoms. The minimum Gasteiger partial charge on any atom is -0.333 e. The smallest absolute Gasteiger partial charge is 0.187 e. The van der Waals surface area contributed by atoms with Gasteiger partial charge in [-0.2, -0.15) is 0 Å². The number of hydrogen-bond donors (Lipinski definition) is 1. The van der Waals surface area contributed by atoms with Crippen molar-refractivity contribution in [1.29, 1.82) is 0 Å². The van der Waals surface area contributed by atoms with Crippen LogP contribution in [0.5, 0.6) is 0 Å². The van der Waals surface area contributed by atoms with Gasteiger partial charge in [0.2, 0.25) is 0 Å². The highest BCUT2D eigenvalue weighted by Gasteiger charge is 2.15. The fourth-order valence-electron chi connectivity index (χ4n) is 2.45. The van der Waals surface area contributed by atoms with Gasteiger partial charge >= 0.3 is 0 Å². The highest BCUT2D eigenvalue weighted by atomic mass is 32.1. The molecule has 0 aliphatic carbocycles. The summed E-state index contributed by atoms with van der Waals surface area (Å²) in [5.74, 6) is 0. The standard InChI is InChI=1S/C19H15N2PS/c1-3-9-15(10-4-1)22(16-11-5-2-6-12-16)21-19-20-17-13-7-8-14-18(17)23-19/h1-14H,(H,20,21). The van der Waals surface area contributed by atoms with E-state index in [2.05, 4.69) is 84.0 Å². The van der Waals surface area contributed by atoms with Gasteiger partial charge in [-0.1, -0.05) is 84.1 Å². The molecule has 0 fully saturated rings. The fraction of sp³-hybridized carbons (Fsp3) is 0. The number of hydrogen-bond acceptors (Lipinski definition) is 3. The predicted molar refractivity (Wildman–Crippen MR) is 102 cm³/mol. The van der Waals surface area contributed by atoms with E-state index in [4.69, 9.17) is 4.98 Å². The van der Waals surface area contributed by atoms with Gasteiger partial charge in [0, 0.05) is 10.6 Å². The molecule has 1 heterocycles. The molecule has 112 valence electrons. The zero-order chi connectivity index (χ0) is 15.5. The lowest BCUT2D eigenvalue weighted by Crippen LogP contribution is -2.16. The van der Waals surface area contributed by atoms with Gasteiger partial charge in [-0.15, -0.1) is 0 Å². The third-order valence-electron chi connectivity index (χ3n) is 3.53. The Morgan fingerprint density at radius 3 is 1.87 bits per heavy atom. The second-order valence-electron chi connectivity index (χ2n) is 5.11. The molecule has 0 saturated heterocycles. The molecule has 0 spiro atoms. The number of aromatic nitrogens is 1. The number of thiazole rings is 1. The highest BCUT2D eigenvalue weighted by molar-refractivity contribution is 7.74. The van der Waals surface area contributed by atoms with E-state index in [1.807, 2.05) is 6.07 Å². The van der Waals surface area contributed by atoms with E-state index in [0.717, 1.165) is 10.6 Å². The topological polar surface area (TPSA) is 24.9 Å². The van der Waals surface area contributed by atoms with E-state index in [1.54, 1.807) is 11.3 Å². The molecule has 3 aromatic carbocycles. The van der Waals surface area contributed by atoms with Crippen LogP contribution >= 0.6 is 19.4 Å². The molecule has 4 heteroatoms. The van der Waals surface area contributed by atoms with Crippen molar-refractivity contribution in [1.82, 2.24) is 4.98 Å². The van der Waals surface area contributed by atoms with Gasteiger partial charge in [0.15, 0.2) is 5.13 Å². The monoisotopic (exact) mass is 334 g/mol. The molecule has 23 heavy (non-hydrogen) atoms. The molecule has 1 N–H and O–H groups in total. The quantitative estimate of drug-likeness (QED) is 0.545. The number of anilines is 1. The van der Waals surface area contributed by atoms with Crippen LogP contribution < -0.4 is 15.7 Å². The molecule has 0 amide bonds. The summed E-state index contributed by atoms with van der Waals surface area (Å²) in [5, 5.41) is 7.25. The van der Waals surface area contributed by atoms with Crippen LogP contribution in [0.2, 0.25) is 0 Å². The van der Waals surface area contributed by atoms with E-state index in [-0.39, 0.29) is 0 Å². The van der Waals surface area contributed by atoms with Crippen LogP contribution in [0.1, 0.15) is 0 Å². The third kappa shape index (κ3) is 3.12. The minimum atomic E-state index is -0.666. The molecule has 4 aromatic rings. The zero-order valence-electron chi connectivity index (χ0n) is 12.4. The van der Waals surface area contributed by atoms with Gasteiger partial charge in [0.1, 0.15) is 0 Å². The molecule has 2 nitrogen and oxygen atoms in total. The van der Waals surface area contributed by atoms with Gasteiger partial charge in [-0.3, -0.25) is 0 Å². The first-order chi connectivity index (χ1) is 11.4. The molecule has 0 atom stereocenters. The lowest BCUT2D eigenvalue weighted by atomic mass is 10.3. The van der Waals surface area contributed by atoms with E-state index in [9.17, 15) is 0 Å². The third-order valence-corrected chi connectivity index (χ3v) is 6.70. The maximum atomic E-state index is 4.73. The maximum Gasteiger partial charge on any atom is 0.187 e. The summed E-state index contributed by atoms with van der Waals surface area (Å²) in [6, 6.07) is 29.5. The summed E-state index contributed by atoms with van der Waals surface area (Å²) in [7, 11) is -0.666. The highest BCUT2D eigenvalue weighted by Crippen LogP contribution is 2.37. The van der Waals surface area contributed by atoms with E-state index in [1.165, 1.54) is 15.3 Å². The van der Waals surface area contributed by atoms with Gasteiger partial charge in [0.25, 0.3) is 0 Å². The van der Waals surface area contributed by atoms with E-state index < -0.39 is 8.07 Å². The molecular weight excluding hydrogens is 319 g/mol. The number of nitrogens with zero attached hydrogens (tertiary/aromatic N) is 1. The molecule has 0 aliphatic rings. The second kappa shape index (κ2) is 6.49. The van der Waals surface area contributed by atoms with Crippen LogP contribution in [-0.2, 0) is 0 Å². The summed E-state index contributed by atoms with van der Waals surface area (Å²) in [6.07, 6.45) is 0. The predicted octanol–water partition coefficient (Wildman–Crippen LogP) is 4.76. The maximum absolute atomic E-state index is 4.73. The summed E-state index contributed by atoms with van der Waals surface area (Å²) < 4.78 is 1.21. The number of benzene rings is 3. The largest absolute Gasteiger partial charge is 0.333 e. The van der Waals surface area contributed by atoms with E-state index in [0.29, 0.717) is 0 Å². The summed E-state index contributed by atoms with van der Waals surface area (Å²) in [6.45, 7) is 0. The van der Waals surface area contributed by atoms with Crippen molar-refractivity contribution in [3.05, 3.63) is 84.9 Å². The summed E-state index contributed by atoms with van der Waals surface area (Å²) in [4.78, 5) is 4.73. The second-order valence-corrected chi connectivity index (χ2v) is 8.06. The number of rotatable bonds is 4. The fourth-order valence-corrected chi connectivity index (χ4v) is 5.36. The Balaban J connectivity index is 1.73. The SMILES string of the molecule is c1ccc(P(Nc2nc3ccccc3s2)c2ccccc2)cc1. The van der Waals surface area contributed by atoms with Crippen molar-refractivity contribution in [2.45, 2.75) is 0 Å². The van der Waals surface area contributed by atoms with Gasteiger partial charge in [-0.05, 0) is 12.1 Å². The van der Waals surface area contributed by atoms with Crippen molar-refractivity contribution in [3.8, 4) is 0 Å². The first kappa shape index (κ1) is 14.4. The van der Waals surface area contributed by atoms with Crippen molar-refractivity contribution < 1.29 is 0 Å². The Kier molecular flexibility index (Phi) is 4.06. The lowest BCUT2D eigenvalue weighted by molar-refractivity contribution is 1.49. The Hall–Kier alpha value is -2.22. The van der Waals surface area contributed by atoms with Gasteiger partial charge in [0.05, 0.1) is 18.3 Å². The van der Waals surface area contributed by atoms with Crippen LogP contribution in [0.4, 0.5) is 5.13 Å². The van der Waals surface area contributed by atoms with Crippen molar-refractivity contribution in [2.75, 3.05) is 5.09 Å². The average Bonchev–Trinajstić information content (AvgIpc) is 3.04. The van der Waals surface area contributed by atoms with Gasteiger partial charge in [-0.25, -0.2) is 4.98 Å². The zero-order valence-corrected chi connectivity index (χ0v) is 14.1. The normalized spacial score (nSPS) is 11.0. The Labute approximate surface area is 140 Å². The number of para-hydroxylation sites is 1. The van der Waals surface area contributed by atoms with Crippen molar-refractivity contribution >= 4 is 45.4 Å². The molecule has 1 aromatic heterocycles. The molecule has 0 saturated carbocycles. The Bertz CT molecular complexity index is 834. The molecule has 4 rings (SSSR count). The first-order valence-corrected chi connectivity index (χ1v) is 9.58. The van der Waals surface area contributed by atoms with Crippen molar-refractivity contribution in [2.24, 2.45) is 0 Å². The van der Waals surface area contributed by atoms with Crippen LogP contribution in [0.3, 0.4) is 0 Å². The lowest BCUT2D eigenvalue weighted by Gasteiger charge is -2.18. The molecule has 0 aliphatic heterocycles. The Morgan fingerprint density at radius 2 is 1.26 bits per heavy atom. The molecular formula is C19H15N2PS. The van der Waals surface area contributed by atoms with Crippen LogP contribution in [0, 0.1) is 0 Å². The van der Waals surface area contributed by atoms with Crippen LogP contribution in [-0.4, -0.2) is 4.98 Å². The average molecular weight is 334 g/mol. The number of nitrogens with one attached hydrogen (secondary N) is 1. The number of fused-ring (bicyclic) bond motifs is 1. The summed E-state index contributed by atoms with van der Waals surface area (Å²) in [5.41, 5.74) is 1.05. The van der Waals surface area contributed by atoms with Crippen LogP contribution in [0.15, 0.2) is 84.9 Å². The first-order valence-electron chi connectivity index (χ1n) is 7.42. The van der Waals surface area contributed by atoms with Crippen LogP contribution in [0.25, 0.3) is 10.2 Å². The van der Waals surface area contributed by atoms with Gasteiger partial charge < -0.3 is 5.09 Å². The minimum absolute atomic E-state index is 0.666. The Morgan fingerprint density at radius 1 is 0.696 bits per heavy atom. The van der Waals surface area contributed by atoms with E-state index >= 15 is 0 Å². The van der Waals surface area contributed by atoms with Crippen molar-refractivity contribution in [3.63, 3.8) is 0 Å². The molecule has 0 radical (unpaired) electrons. The summed E-state index contributed by atoms with van der Waals surface area (Å²) >= 11 is 1.71. The molecule has 0 unspecified atom stereocenters.